The number of amides is 1. The first-order chi connectivity index (χ1) is 16.1. The van der Waals surface area contributed by atoms with Gasteiger partial charge in [0, 0.05) is 35.9 Å². The number of halogens is 1. The molecule has 0 unspecified atom stereocenters. The molecule has 1 amide bonds. The molecule has 180 valence electrons. The average Bonchev–Trinajstić information content (AvgIpc) is 2.79. The Morgan fingerprint density at radius 2 is 1.82 bits per heavy atom. The van der Waals surface area contributed by atoms with E-state index in [9.17, 15) is 22.7 Å². The molecule has 0 radical (unpaired) electrons. The lowest BCUT2D eigenvalue weighted by Gasteiger charge is -2.39. The van der Waals surface area contributed by atoms with E-state index in [0.717, 1.165) is 6.07 Å². The van der Waals surface area contributed by atoms with E-state index in [1.807, 2.05) is 0 Å². The molecular weight excluding hydrogens is 457 g/mol. The quantitative estimate of drug-likeness (QED) is 0.546. The third-order valence-corrected chi connectivity index (χ3v) is 7.54. The summed E-state index contributed by atoms with van der Waals surface area (Å²) in [5.74, 6) is -0.327. The van der Waals surface area contributed by atoms with Crippen LogP contribution in [-0.4, -0.2) is 48.0 Å². The predicted molar refractivity (Wildman–Crippen MR) is 128 cm³/mol. The number of pyridine rings is 1. The molecule has 1 aliphatic rings. The van der Waals surface area contributed by atoms with Gasteiger partial charge in [-0.1, -0.05) is 13.8 Å². The Balaban J connectivity index is 1.46. The highest BCUT2D eigenvalue weighted by Crippen LogP contribution is 2.30. The number of benzene rings is 2. The molecule has 2 heterocycles. The zero-order valence-corrected chi connectivity index (χ0v) is 20.0. The van der Waals surface area contributed by atoms with Gasteiger partial charge in [0.15, 0.2) is 0 Å². The van der Waals surface area contributed by atoms with Crippen LogP contribution in [0.15, 0.2) is 59.6 Å². The molecule has 2 aromatic carbocycles. The Bertz CT molecular complexity index is 1300. The third-order valence-electron chi connectivity index (χ3n) is 6.12. The minimum atomic E-state index is -4.04. The standard InChI is InChI=1S/C25H28FN3O4S/c1-17(2)16-25(31)11-14-29(15-12-25)24(30)18-5-7-19(8-6-18)28-34(32,33)22-10-9-21(26)20-4-3-13-27-23(20)22/h3-10,13,17,28,31H,11-12,14-16H2,1-2H3. The van der Waals surface area contributed by atoms with E-state index in [4.69, 9.17) is 0 Å². The topological polar surface area (TPSA) is 99.6 Å². The van der Waals surface area contributed by atoms with Gasteiger partial charge < -0.3 is 10.0 Å². The lowest BCUT2D eigenvalue weighted by molar-refractivity contribution is -0.0311. The van der Waals surface area contributed by atoms with Crippen molar-refractivity contribution in [2.45, 2.75) is 43.6 Å². The fraction of sp³-hybridized carbons (Fsp3) is 0.360. The van der Waals surface area contributed by atoms with E-state index in [-0.39, 0.29) is 27.4 Å². The summed E-state index contributed by atoms with van der Waals surface area (Å²) < 4.78 is 42.4. The molecule has 1 aromatic heterocycles. The average molecular weight is 486 g/mol. The van der Waals surface area contributed by atoms with Gasteiger partial charge in [-0.2, -0.15) is 0 Å². The fourth-order valence-electron chi connectivity index (χ4n) is 4.49. The van der Waals surface area contributed by atoms with E-state index in [0.29, 0.717) is 43.8 Å². The number of carbonyl (C=O) groups is 1. The number of rotatable bonds is 6. The number of aliphatic hydroxyl groups is 1. The summed E-state index contributed by atoms with van der Waals surface area (Å²) in [6.07, 6.45) is 3.19. The Labute approximate surface area is 198 Å². The van der Waals surface area contributed by atoms with Crippen LogP contribution in [0.4, 0.5) is 10.1 Å². The van der Waals surface area contributed by atoms with Crippen molar-refractivity contribution in [3.8, 4) is 0 Å². The number of nitrogens with one attached hydrogen (secondary N) is 1. The van der Waals surface area contributed by atoms with Crippen molar-refractivity contribution in [1.82, 2.24) is 9.88 Å². The summed E-state index contributed by atoms with van der Waals surface area (Å²) >= 11 is 0. The minimum Gasteiger partial charge on any atom is -0.390 e. The number of sulfonamides is 1. The van der Waals surface area contributed by atoms with Crippen molar-refractivity contribution in [3.05, 3.63) is 66.1 Å². The van der Waals surface area contributed by atoms with Gasteiger partial charge in [0.1, 0.15) is 10.7 Å². The maximum absolute atomic E-state index is 14.0. The van der Waals surface area contributed by atoms with Gasteiger partial charge in [-0.3, -0.25) is 14.5 Å². The Morgan fingerprint density at radius 3 is 2.47 bits per heavy atom. The second-order valence-corrected chi connectivity index (χ2v) is 10.9. The van der Waals surface area contributed by atoms with Crippen LogP contribution in [-0.2, 0) is 10.0 Å². The van der Waals surface area contributed by atoms with Crippen LogP contribution in [0.1, 0.15) is 43.5 Å². The van der Waals surface area contributed by atoms with Gasteiger partial charge in [-0.25, -0.2) is 12.8 Å². The van der Waals surface area contributed by atoms with Crippen LogP contribution in [0.5, 0.6) is 0 Å². The summed E-state index contributed by atoms with van der Waals surface area (Å²) in [4.78, 5) is 18.5. The van der Waals surface area contributed by atoms with Crippen LogP contribution in [0.3, 0.4) is 0 Å². The van der Waals surface area contributed by atoms with Crippen LogP contribution < -0.4 is 4.72 Å². The van der Waals surface area contributed by atoms with Gasteiger partial charge in [-0.15, -0.1) is 0 Å². The molecule has 9 heteroatoms. The second kappa shape index (κ2) is 9.31. The van der Waals surface area contributed by atoms with E-state index >= 15 is 0 Å². The van der Waals surface area contributed by atoms with Crippen LogP contribution in [0.2, 0.25) is 0 Å². The van der Waals surface area contributed by atoms with E-state index < -0.39 is 21.4 Å². The van der Waals surface area contributed by atoms with Crippen molar-refractivity contribution in [2.75, 3.05) is 17.8 Å². The highest BCUT2D eigenvalue weighted by Gasteiger charge is 2.34. The SMILES string of the molecule is CC(C)CC1(O)CCN(C(=O)c2ccc(NS(=O)(=O)c3ccc(F)c4cccnc34)cc2)CC1. The molecule has 0 saturated carbocycles. The first-order valence-corrected chi connectivity index (χ1v) is 12.7. The molecule has 34 heavy (non-hydrogen) atoms. The van der Waals surface area contributed by atoms with E-state index in [1.54, 1.807) is 17.0 Å². The number of aromatic nitrogens is 1. The lowest BCUT2D eigenvalue weighted by Crippen LogP contribution is -2.47. The number of nitrogens with zero attached hydrogens (tertiary/aromatic N) is 2. The monoisotopic (exact) mass is 485 g/mol. The summed E-state index contributed by atoms with van der Waals surface area (Å²) in [5, 5.41) is 10.8. The van der Waals surface area contributed by atoms with Crippen LogP contribution in [0, 0.1) is 11.7 Å². The maximum atomic E-state index is 14.0. The highest BCUT2D eigenvalue weighted by molar-refractivity contribution is 7.93. The fourth-order valence-corrected chi connectivity index (χ4v) is 5.71. The number of hydrogen-bond donors (Lipinski definition) is 2. The van der Waals surface area contributed by atoms with Crippen molar-refractivity contribution >= 4 is 32.5 Å². The molecule has 0 bridgehead atoms. The third kappa shape index (κ3) is 5.05. The number of anilines is 1. The predicted octanol–water partition coefficient (Wildman–Crippen LogP) is 4.19. The number of fused-ring (bicyclic) bond motifs is 1. The lowest BCUT2D eigenvalue weighted by atomic mass is 9.84. The Hall–Kier alpha value is -3.04. The normalized spacial score (nSPS) is 16.1. The largest absolute Gasteiger partial charge is 0.390 e. The van der Waals surface area contributed by atoms with E-state index in [2.05, 4.69) is 23.6 Å². The Kier molecular flexibility index (Phi) is 6.60. The Morgan fingerprint density at radius 1 is 1.15 bits per heavy atom. The smallest absolute Gasteiger partial charge is 0.264 e. The van der Waals surface area contributed by atoms with Crippen molar-refractivity contribution in [2.24, 2.45) is 5.92 Å². The molecule has 3 aromatic rings. The molecule has 4 rings (SSSR count). The highest BCUT2D eigenvalue weighted by atomic mass is 32.2. The molecule has 0 atom stereocenters. The summed E-state index contributed by atoms with van der Waals surface area (Å²) in [5.41, 5.74) is 0.0253. The molecule has 0 spiro atoms. The first-order valence-electron chi connectivity index (χ1n) is 11.3. The van der Waals surface area contributed by atoms with Crippen LogP contribution in [0.25, 0.3) is 10.9 Å². The molecule has 2 N–H and O–H groups in total. The maximum Gasteiger partial charge on any atom is 0.264 e. The zero-order chi connectivity index (χ0) is 24.5. The number of piperidine rings is 1. The first kappa shape index (κ1) is 24.1. The van der Waals surface area contributed by atoms with Crippen molar-refractivity contribution < 1.29 is 22.7 Å². The van der Waals surface area contributed by atoms with Gasteiger partial charge in [0.25, 0.3) is 15.9 Å². The number of likely N-dealkylation sites (tertiary alicyclic amines) is 1. The zero-order valence-electron chi connectivity index (χ0n) is 19.2. The van der Waals surface area contributed by atoms with Gasteiger partial charge in [0.05, 0.1) is 11.1 Å². The summed E-state index contributed by atoms with van der Waals surface area (Å²) in [7, 11) is -4.04. The van der Waals surface area contributed by atoms with Crippen molar-refractivity contribution in [3.63, 3.8) is 0 Å². The van der Waals surface area contributed by atoms with Gasteiger partial charge >= 0.3 is 0 Å². The summed E-state index contributed by atoms with van der Waals surface area (Å²) in [6, 6.07) is 11.5. The molecule has 7 nitrogen and oxygen atoms in total. The summed E-state index contributed by atoms with van der Waals surface area (Å²) in [6.45, 7) is 5.09. The molecule has 0 aliphatic carbocycles. The van der Waals surface area contributed by atoms with Gasteiger partial charge in [-0.05, 0) is 73.7 Å². The van der Waals surface area contributed by atoms with Crippen LogP contribution >= 0.6 is 0 Å². The minimum absolute atomic E-state index is 0.0457. The second-order valence-electron chi connectivity index (χ2n) is 9.24. The van der Waals surface area contributed by atoms with Crippen molar-refractivity contribution in [1.29, 1.82) is 0 Å². The number of hydrogen-bond acceptors (Lipinski definition) is 5. The van der Waals surface area contributed by atoms with E-state index in [1.165, 1.54) is 36.5 Å². The number of carbonyl (C=O) groups excluding carboxylic acids is 1. The van der Waals surface area contributed by atoms with Gasteiger partial charge in [0.2, 0.25) is 0 Å². The molecular formula is C25H28FN3O4S. The molecule has 1 saturated heterocycles. The molecule has 1 fully saturated rings. The molecule has 1 aliphatic heterocycles.